The second-order valence-electron chi connectivity index (χ2n) is 6.56. The Hall–Kier alpha value is -1.39. The smallest absolute Gasteiger partial charge is 0.232 e. The molecule has 0 aromatic heterocycles. The van der Waals surface area contributed by atoms with Crippen LogP contribution in [0.2, 0.25) is 0 Å². The van der Waals surface area contributed by atoms with Crippen molar-refractivity contribution in [1.29, 1.82) is 0 Å². The Balaban J connectivity index is 1.86. The van der Waals surface area contributed by atoms with E-state index in [0.29, 0.717) is 13.2 Å². The van der Waals surface area contributed by atoms with Gasteiger partial charge in [0.2, 0.25) is 5.91 Å². The lowest BCUT2D eigenvalue weighted by molar-refractivity contribution is -0.143. The van der Waals surface area contributed by atoms with Gasteiger partial charge in [-0.2, -0.15) is 0 Å². The van der Waals surface area contributed by atoms with E-state index in [9.17, 15) is 4.79 Å². The second kappa shape index (κ2) is 5.43. The molecule has 3 unspecified atom stereocenters. The molecule has 4 heteroatoms. The van der Waals surface area contributed by atoms with Crippen LogP contribution >= 0.6 is 0 Å². The molecule has 3 atom stereocenters. The van der Waals surface area contributed by atoms with Crippen LogP contribution in [0.4, 0.5) is 0 Å². The van der Waals surface area contributed by atoms with Crippen molar-refractivity contribution in [2.24, 2.45) is 11.1 Å². The summed E-state index contributed by atoms with van der Waals surface area (Å²) in [6.45, 7) is 2.82. The van der Waals surface area contributed by atoms with E-state index in [0.717, 1.165) is 19.3 Å². The molecular weight excluding hydrogens is 264 g/mol. The molecule has 1 aromatic carbocycles. The van der Waals surface area contributed by atoms with Crippen LogP contribution in [0.15, 0.2) is 24.3 Å². The second-order valence-corrected chi connectivity index (χ2v) is 6.56. The third kappa shape index (κ3) is 2.36. The SMILES string of the molecule is CN(C(=O)C1(C)COCC1N)C1CCCc2ccccc21. The summed E-state index contributed by atoms with van der Waals surface area (Å²) in [5.41, 5.74) is 8.16. The fraction of sp³-hybridized carbons (Fsp3) is 0.588. The first kappa shape index (κ1) is 14.5. The fourth-order valence-corrected chi connectivity index (χ4v) is 3.58. The molecule has 1 aromatic rings. The zero-order valence-electron chi connectivity index (χ0n) is 12.8. The van der Waals surface area contributed by atoms with Crippen molar-refractivity contribution in [3.8, 4) is 0 Å². The molecule has 0 spiro atoms. The van der Waals surface area contributed by atoms with Crippen LogP contribution < -0.4 is 5.73 Å². The number of nitrogens with zero attached hydrogens (tertiary/aromatic N) is 1. The molecule has 1 fully saturated rings. The van der Waals surface area contributed by atoms with Gasteiger partial charge in [-0.05, 0) is 37.3 Å². The lowest BCUT2D eigenvalue weighted by Gasteiger charge is -2.38. The van der Waals surface area contributed by atoms with Gasteiger partial charge in [0.15, 0.2) is 0 Å². The fourth-order valence-electron chi connectivity index (χ4n) is 3.58. The van der Waals surface area contributed by atoms with Gasteiger partial charge in [0, 0.05) is 13.1 Å². The maximum Gasteiger partial charge on any atom is 0.232 e. The Bertz CT molecular complexity index is 545. The number of aryl methyl sites for hydroxylation is 1. The average Bonchev–Trinajstić information content (AvgIpc) is 2.86. The van der Waals surface area contributed by atoms with Crippen LogP contribution in [0.1, 0.15) is 36.9 Å². The van der Waals surface area contributed by atoms with Gasteiger partial charge >= 0.3 is 0 Å². The number of ether oxygens (including phenoxy) is 1. The highest BCUT2D eigenvalue weighted by Gasteiger charge is 2.47. The monoisotopic (exact) mass is 288 g/mol. The summed E-state index contributed by atoms with van der Waals surface area (Å²) in [5, 5.41) is 0. The standard InChI is InChI=1S/C17H24N2O2/c1-17(11-21-10-15(17)18)16(20)19(2)14-9-5-7-12-6-3-4-8-13(12)14/h3-4,6,8,14-15H,5,7,9-11,18H2,1-2H3. The van der Waals surface area contributed by atoms with Crippen molar-refractivity contribution in [2.75, 3.05) is 20.3 Å². The van der Waals surface area contributed by atoms with Gasteiger partial charge in [-0.15, -0.1) is 0 Å². The highest BCUT2D eigenvalue weighted by Crippen LogP contribution is 2.37. The minimum absolute atomic E-state index is 0.106. The van der Waals surface area contributed by atoms with Gasteiger partial charge in [0.25, 0.3) is 0 Å². The zero-order chi connectivity index (χ0) is 15.0. The lowest BCUT2D eigenvalue weighted by Crippen LogP contribution is -2.51. The number of fused-ring (bicyclic) bond motifs is 1. The van der Waals surface area contributed by atoms with Crippen molar-refractivity contribution < 1.29 is 9.53 Å². The number of hydrogen-bond donors (Lipinski definition) is 1. The molecule has 0 bridgehead atoms. The third-order valence-corrected chi connectivity index (χ3v) is 5.13. The van der Waals surface area contributed by atoms with Gasteiger partial charge in [-0.1, -0.05) is 24.3 Å². The summed E-state index contributed by atoms with van der Waals surface area (Å²) in [4.78, 5) is 14.8. The minimum Gasteiger partial charge on any atom is -0.379 e. The van der Waals surface area contributed by atoms with Crippen LogP contribution in [-0.4, -0.2) is 37.1 Å². The van der Waals surface area contributed by atoms with Gasteiger partial charge in [-0.25, -0.2) is 0 Å². The maximum absolute atomic E-state index is 13.0. The largest absolute Gasteiger partial charge is 0.379 e. The molecule has 1 aliphatic carbocycles. The van der Waals surface area contributed by atoms with E-state index in [1.165, 1.54) is 11.1 Å². The van der Waals surface area contributed by atoms with Gasteiger partial charge in [0.1, 0.15) is 0 Å². The molecule has 1 heterocycles. The van der Waals surface area contributed by atoms with Crippen LogP contribution in [0, 0.1) is 5.41 Å². The lowest BCUT2D eigenvalue weighted by atomic mass is 9.81. The van der Waals surface area contributed by atoms with Crippen molar-refractivity contribution in [1.82, 2.24) is 4.90 Å². The van der Waals surface area contributed by atoms with E-state index in [1.54, 1.807) is 0 Å². The van der Waals surface area contributed by atoms with Crippen molar-refractivity contribution in [3.05, 3.63) is 35.4 Å². The quantitative estimate of drug-likeness (QED) is 0.904. The molecule has 2 N–H and O–H groups in total. The van der Waals surface area contributed by atoms with E-state index in [2.05, 4.69) is 24.3 Å². The maximum atomic E-state index is 13.0. The Labute approximate surface area is 126 Å². The van der Waals surface area contributed by atoms with Gasteiger partial charge in [0.05, 0.1) is 24.7 Å². The predicted octanol–water partition coefficient (Wildman–Crippen LogP) is 1.89. The van der Waals surface area contributed by atoms with Crippen LogP contribution in [0.3, 0.4) is 0 Å². The summed E-state index contributed by atoms with van der Waals surface area (Å²) < 4.78 is 5.43. The first-order valence-electron chi connectivity index (χ1n) is 7.72. The van der Waals surface area contributed by atoms with Crippen LogP contribution in [0.25, 0.3) is 0 Å². The van der Waals surface area contributed by atoms with E-state index in [1.807, 2.05) is 18.9 Å². The van der Waals surface area contributed by atoms with E-state index < -0.39 is 5.41 Å². The number of rotatable bonds is 2. The summed E-state index contributed by atoms with van der Waals surface area (Å²) >= 11 is 0. The highest BCUT2D eigenvalue weighted by molar-refractivity contribution is 5.84. The van der Waals surface area contributed by atoms with E-state index in [4.69, 9.17) is 10.5 Å². The topological polar surface area (TPSA) is 55.6 Å². The first-order valence-corrected chi connectivity index (χ1v) is 7.72. The Kier molecular flexibility index (Phi) is 3.76. The van der Waals surface area contributed by atoms with Crippen LogP contribution in [-0.2, 0) is 16.0 Å². The molecule has 1 aliphatic heterocycles. The summed E-state index contributed by atoms with van der Waals surface area (Å²) in [7, 11) is 1.91. The Morgan fingerprint density at radius 3 is 2.90 bits per heavy atom. The number of benzene rings is 1. The van der Waals surface area contributed by atoms with Gasteiger partial charge in [-0.3, -0.25) is 4.79 Å². The summed E-state index contributed by atoms with van der Waals surface area (Å²) in [6.07, 6.45) is 3.25. The Morgan fingerprint density at radius 1 is 1.43 bits per heavy atom. The summed E-state index contributed by atoms with van der Waals surface area (Å²) in [6, 6.07) is 8.40. The molecule has 114 valence electrons. The molecule has 1 amide bonds. The van der Waals surface area contributed by atoms with Crippen molar-refractivity contribution in [3.63, 3.8) is 0 Å². The van der Waals surface area contributed by atoms with Gasteiger partial charge < -0.3 is 15.4 Å². The third-order valence-electron chi connectivity index (χ3n) is 5.13. The molecule has 2 aliphatic rings. The molecule has 1 saturated heterocycles. The normalized spacial score (nSPS) is 31.8. The number of hydrogen-bond acceptors (Lipinski definition) is 3. The zero-order valence-corrected chi connectivity index (χ0v) is 12.8. The van der Waals surface area contributed by atoms with Crippen molar-refractivity contribution >= 4 is 5.91 Å². The minimum atomic E-state index is -0.596. The number of amides is 1. The average molecular weight is 288 g/mol. The number of carbonyl (C=O) groups excluding carboxylic acids is 1. The van der Waals surface area contributed by atoms with Crippen molar-refractivity contribution in [2.45, 2.75) is 38.3 Å². The molecular formula is C17H24N2O2. The highest BCUT2D eigenvalue weighted by atomic mass is 16.5. The first-order chi connectivity index (χ1) is 10.0. The Morgan fingerprint density at radius 2 is 2.19 bits per heavy atom. The predicted molar refractivity (Wildman–Crippen MR) is 81.8 cm³/mol. The number of nitrogens with two attached hydrogens (primary N) is 1. The van der Waals surface area contributed by atoms with E-state index >= 15 is 0 Å². The summed E-state index contributed by atoms with van der Waals surface area (Å²) in [5.74, 6) is 0.106. The molecule has 4 nitrogen and oxygen atoms in total. The molecule has 0 saturated carbocycles. The molecule has 3 rings (SSSR count). The molecule has 0 radical (unpaired) electrons. The van der Waals surface area contributed by atoms with Crippen LogP contribution in [0.5, 0.6) is 0 Å². The molecule has 21 heavy (non-hydrogen) atoms. The van der Waals surface area contributed by atoms with E-state index in [-0.39, 0.29) is 18.0 Å². The number of carbonyl (C=O) groups is 1.